The molecule has 0 bridgehead atoms. The number of carbonyl (C=O) groups is 1. The molecular weight excluding hydrogens is 125 g/mol. The van der Waals surface area contributed by atoms with Crippen LogP contribution in [0.5, 0.6) is 0 Å². The maximum Gasteiger partial charge on any atom is 0.146 e. The second kappa shape index (κ2) is 2.75. The number of ketones is 1. The predicted octanol–water partition coefficient (Wildman–Crippen LogP) is 0.0680. The number of nitrogens with one attached hydrogen (secondary N) is 1. The Bertz CT molecular complexity index is 176. The van der Waals surface area contributed by atoms with Crippen LogP contribution in [0.3, 0.4) is 0 Å². The predicted molar refractivity (Wildman–Crippen MR) is 40.9 cm³/mol. The van der Waals surface area contributed by atoms with E-state index in [1.165, 1.54) is 12.2 Å². The zero-order valence-electron chi connectivity index (χ0n) is 7.37. The van der Waals surface area contributed by atoms with Gasteiger partial charge in [0.2, 0.25) is 0 Å². The highest BCUT2D eigenvalue weighted by Crippen LogP contribution is 2.17. The van der Waals surface area contributed by atoms with Crippen LogP contribution < -0.4 is 5.31 Å². The van der Waals surface area contributed by atoms with Crippen LogP contribution in [0.2, 0.25) is 1.41 Å². The van der Waals surface area contributed by atoms with Crippen LogP contribution >= 0.6 is 0 Å². The monoisotopic (exact) mass is 138 g/mol. The Labute approximate surface area is 64.2 Å². The van der Waals surface area contributed by atoms with Gasteiger partial charge in [-0.15, -0.1) is 0 Å². The van der Waals surface area contributed by atoms with Crippen LogP contribution in [0.1, 0.15) is 20.3 Å². The molecule has 1 fully saturated rings. The molecule has 0 saturated carbocycles. The minimum absolute atomic E-state index is 0.0415. The molecule has 0 amide bonds. The Morgan fingerprint density at radius 2 is 2.50 bits per heavy atom. The number of hydrogen-bond donors (Lipinski definition) is 1. The summed E-state index contributed by atoms with van der Waals surface area (Å²) in [6, 6.07) is -0.278. The first-order chi connectivity index (χ1) is 5.04. The SMILES string of the molecule is [2H]N1C([B])C(C)C[C@H]1C(C)=O. The molecule has 3 atom stereocenters. The van der Waals surface area contributed by atoms with Crippen molar-refractivity contribution in [3.05, 3.63) is 0 Å². The molecule has 0 aromatic carbocycles. The van der Waals surface area contributed by atoms with Gasteiger partial charge in [0, 0.05) is 0 Å². The Hall–Kier alpha value is -0.305. The van der Waals surface area contributed by atoms with Crippen LogP contribution in [0.25, 0.3) is 0 Å². The average molecular weight is 138 g/mol. The van der Waals surface area contributed by atoms with Gasteiger partial charge in [0.25, 0.3) is 0 Å². The lowest BCUT2D eigenvalue weighted by atomic mass is 9.86. The smallest absolute Gasteiger partial charge is 0.146 e. The number of Topliss-reactive ketones (excluding diaryl/α,β-unsaturated/α-hetero) is 1. The second-order valence-corrected chi connectivity index (χ2v) is 2.98. The van der Waals surface area contributed by atoms with Gasteiger partial charge in [0.1, 0.15) is 7.20 Å². The number of rotatable bonds is 1. The molecule has 0 aliphatic carbocycles. The van der Waals surface area contributed by atoms with Gasteiger partial charge in [-0.2, -0.15) is 0 Å². The standard InChI is InChI=1S/C7H12BNO/c1-4-3-6(5(2)10)9-7(4)8/h4,6-7,9H,3H2,1-2H3/t4?,6-,7?/m0/s1/i/hD. The van der Waals surface area contributed by atoms with Crippen LogP contribution in [-0.4, -0.2) is 25.6 Å². The van der Waals surface area contributed by atoms with Crippen molar-refractivity contribution in [1.29, 1.82) is 0 Å². The molecule has 0 aromatic heterocycles. The molecular formula is C7H12BNO. The summed E-state index contributed by atoms with van der Waals surface area (Å²) in [6.07, 6.45) is 0.722. The summed E-state index contributed by atoms with van der Waals surface area (Å²) in [6.45, 7) is 3.48. The molecule has 1 aliphatic rings. The molecule has 54 valence electrons. The molecule has 2 radical (unpaired) electrons. The van der Waals surface area contributed by atoms with Crippen molar-refractivity contribution in [3.8, 4) is 0 Å². The van der Waals surface area contributed by atoms with Crippen molar-refractivity contribution in [2.24, 2.45) is 5.92 Å². The summed E-state index contributed by atoms with van der Waals surface area (Å²) in [4.78, 5) is 10.9. The fraction of sp³-hybridized carbons (Fsp3) is 0.857. The third kappa shape index (κ3) is 1.40. The van der Waals surface area contributed by atoms with Gasteiger partial charge in [-0.3, -0.25) is 4.79 Å². The van der Waals surface area contributed by atoms with E-state index in [9.17, 15) is 4.79 Å². The van der Waals surface area contributed by atoms with E-state index in [4.69, 9.17) is 9.26 Å². The van der Waals surface area contributed by atoms with Crippen molar-refractivity contribution >= 4 is 13.6 Å². The molecule has 0 aromatic rings. The van der Waals surface area contributed by atoms with Crippen LogP contribution in [0.15, 0.2) is 0 Å². The Balaban J connectivity index is 2.67. The van der Waals surface area contributed by atoms with Gasteiger partial charge >= 0.3 is 0 Å². The van der Waals surface area contributed by atoms with Crippen LogP contribution in [0, 0.1) is 5.92 Å². The third-order valence-corrected chi connectivity index (χ3v) is 2.00. The van der Waals surface area contributed by atoms with Crippen molar-refractivity contribution in [3.63, 3.8) is 0 Å². The molecule has 3 heteroatoms. The van der Waals surface area contributed by atoms with Crippen molar-refractivity contribution in [2.75, 3.05) is 0 Å². The summed E-state index contributed by atoms with van der Waals surface area (Å²) in [5.74, 6) is 0.0186. The Morgan fingerprint density at radius 3 is 2.70 bits per heavy atom. The van der Waals surface area contributed by atoms with Gasteiger partial charge in [-0.25, -0.2) is 0 Å². The van der Waals surface area contributed by atoms with Gasteiger partial charge < -0.3 is 5.31 Å². The highest BCUT2D eigenvalue weighted by atomic mass is 16.1. The van der Waals surface area contributed by atoms with E-state index in [0.717, 1.165) is 6.42 Å². The van der Waals surface area contributed by atoms with Gasteiger partial charge in [0.15, 0.2) is 0 Å². The zero-order valence-corrected chi connectivity index (χ0v) is 6.37. The second-order valence-electron chi connectivity index (χ2n) is 2.98. The van der Waals surface area contributed by atoms with Crippen molar-refractivity contribution in [1.82, 2.24) is 5.31 Å². The fourth-order valence-electron chi connectivity index (χ4n) is 1.18. The summed E-state index contributed by atoms with van der Waals surface area (Å²) in [5, 5.41) is 1.22. The summed E-state index contributed by atoms with van der Waals surface area (Å²) >= 11 is 0. The first kappa shape index (κ1) is 6.41. The van der Waals surface area contributed by atoms with E-state index in [-0.39, 0.29) is 23.7 Å². The van der Waals surface area contributed by atoms with E-state index in [1.807, 2.05) is 6.92 Å². The molecule has 0 spiro atoms. The van der Waals surface area contributed by atoms with E-state index < -0.39 is 0 Å². The van der Waals surface area contributed by atoms with Gasteiger partial charge in [-0.05, 0) is 25.2 Å². The lowest BCUT2D eigenvalue weighted by Gasteiger charge is -2.07. The zero-order chi connectivity index (χ0) is 8.59. The minimum atomic E-state index is -0.278. The molecule has 2 unspecified atom stereocenters. The molecule has 2 nitrogen and oxygen atoms in total. The summed E-state index contributed by atoms with van der Waals surface area (Å²) in [5.41, 5.74) is 0. The van der Waals surface area contributed by atoms with E-state index in [2.05, 4.69) is 0 Å². The fourth-order valence-corrected chi connectivity index (χ4v) is 1.18. The van der Waals surface area contributed by atoms with Gasteiger partial charge in [-0.1, -0.05) is 6.92 Å². The summed E-state index contributed by atoms with van der Waals surface area (Å²) < 4.78 is 7.44. The Morgan fingerprint density at radius 1 is 1.90 bits per heavy atom. The first-order valence-corrected chi connectivity index (χ1v) is 3.57. The average Bonchev–Trinajstić information content (AvgIpc) is 2.17. The number of carbonyl (C=O) groups excluding carboxylic acids is 1. The molecule has 1 saturated heterocycles. The number of hydrogen-bond acceptors (Lipinski definition) is 2. The molecule has 10 heavy (non-hydrogen) atoms. The highest BCUT2D eigenvalue weighted by molar-refractivity contribution is 6.12. The maximum atomic E-state index is 10.9. The lowest BCUT2D eigenvalue weighted by Crippen LogP contribution is -2.35. The van der Waals surface area contributed by atoms with E-state index in [0.29, 0.717) is 0 Å². The Kier molecular flexibility index (Phi) is 1.76. The molecule has 1 aliphatic heterocycles. The van der Waals surface area contributed by atoms with Crippen molar-refractivity contribution < 1.29 is 6.21 Å². The molecule has 1 N–H and O–H groups in total. The van der Waals surface area contributed by atoms with E-state index in [1.54, 1.807) is 0 Å². The maximum absolute atomic E-state index is 10.9. The quantitative estimate of drug-likeness (QED) is 0.519. The van der Waals surface area contributed by atoms with Crippen LogP contribution in [0.4, 0.5) is 0 Å². The largest absolute Gasteiger partial charge is 0.313 e. The highest BCUT2D eigenvalue weighted by Gasteiger charge is 2.28. The first-order valence-electron chi connectivity index (χ1n) is 4.02. The molecule has 1 heterocycles. The topological polar surface area (TPSA) is 29.1 Å². The summed E-state index contributed by atoms with van der Waals surface area (Å²) in [7, 11) is 5.64. The lowest BCUT2D eigenvalue weighted by molar-refractivity contribution is -0.118. The van der Waals surface area contributed by atoms with Crippen LogP contribution in [-0.2, 0) is 4.79 Å². The third-order valence-electron chi connectivity index (χ3n) is 2.00. The molecule has 1 rings (SSSR count). The normalized spacial score (nSPS) is 43.4. The van der Waals surface area contributed by atoms with Gasteiger partial charge in [0.05, 0.1) is 13.9 Å². The van der Waals surface area contributed by atoms with E-state index >= 15 is 0 Å². The minimum Gasteiger partial charge on any atom is -0.313 e. The van der Waals surface area contributed by atoms with Crippen molar-refractivity contribution in [2.45, 2.75) is 32.3 Å².